The number of fused-ring (bicyclic) bond motifs is 5. The summed E-state index contributed by atoms with van der Waals surface area (Å²) in [5, 5.41) is 44.8. The largest absolute Gasteiger partial charge is 0.393 e. The zero-order valence-electron chi connectivity index (χ0n) is 22.9. The van der Waals surface area contributed by atoms with Crippen LogP contribution >= 0.6 is 0 Å². The van der Waals surface area contributed by atoms with Crippen molar-refractivity contribution in [1.82, 2.24) is 0 Å². The van der Waals surface area contributed by atoms with Crippen LogP contribution in [0.4, 0.5) is 0 Å². The summed E-state index contributed by atoms with van der Waals surface area (Å²) in [4.78, 5) is 0. The lowest BCUT2D eigenvalue weighted by molar-refractivity contribution is -0.228. The molecule has 5 aliphatic rings. The molecule has 0 aliphatic heterocycles. The molecule has 4 heteroatoms. The molecule has 5 rings (SSSR count). The fourth-order valence-corrected chi connectivity index (χ4v) is 11.5. The van der Waals surface area contributed by atoms with Gasteiger partial charge in [-0.3, -0.25) is 0 Å². The van der Waals surface area contributed by atoms with Crippen molar-refractivity contribution in [2.45, 2.75) is 136 Å². The maximum Gasteiger partial charge on any atom is 0.0940 e. The number of hydrogen-bond acceptors (Lipinski definition) is 4. The molecule has 0 aromatic heterocycles. The second-order valence-corrected chi connectivity index (χ2v) is 15.4. The Morgan fingerprint density at radius 3 is 1.94 bits per heavy atom. The van der Waals surface area contributed by atoms with Crippen LogP contribution in [0.1, 0.15) is 113 Å². The minimum atomic E-state index is -1.08. The summed E-state index contributed by atoms with van der Waals surface area (Å²) in [6.07, 6.45) is 9.15. The van der Waals surface area contributed by atoms with Crippen molar-refractivity contribution < 1.29 is 20.4 Å². The molecule has 5 saturated carbocycles. The highest BCUT2D eigenvalue weighted by molar-refractivity contribution is 5.20. The smallest absolute Gasteiger partial charge is 0.0940 e. The summed E-state index contributed by atoms with van der Waals surface area (Å²) in [7, 11) is 0. The Morgan fingerprint density at radius 1 is 0.676 bits per heavy atom. The molecule has 0 amide bonds. The molecule has 0 radical (unpaired) electrons. The average molecular weight is 477 g/mol. The quantitative estimate of drug-likeness (QED) is 0.436. The Morgan fingerprint density at radius 2 is 1.32 bits per heavy atom. The molecule has 0 unspecified atom stereocenters. The van der Waals surface area contributed by atoms with Gasteiger partial charge in [0, 0.05) is 5.92 Å². The van der Waals surface area contributed by atoms with Gasteiger partial charge in [0.1, 0.15) is 0 Å². The molecule has 0 saturated heterocycles. The summed E-state index contributed by atoms with van der Waals surface area (Å²) in [5.41, 5.74) is -1.42. The van der Waals surface area contributed by atoms with Gasteiger partial charge in [-0.25, -0.2) is 0 Å². The molecule has 0 heterocycles. The molecule has 196 valence electrons. The van der Waals surface area contributed by atoms with E-state index in [1.54, 1.807) is 13.8 Å². The van der Waals surface area contributed by atoms with E-state index in [4.69, 9.17) is 0 Å². The first kappa shape index (κ1) is 25.5. The molecule has 5 aliphatic carbocycles. The first-order valence-corrected chi connectivity index (χ1v) is 14.3. The third-order valence-electron chi connectivity index (χ3n) is 13.7. The lowest BCUT2D eigenvalue weighted by atomic mass is 9.35. The van der Waals surface area contributed by atoms with Gasteiger partial charge < -0.3 is 20.4 Å². The van der Waals surface area contributed by atoms with Crippen molar-refractivity contribution in [2.75, 3.05) is 0 Å². The Labute approximate surface area is 207 Å². The Kier molecular flexibility index (Phi) is 5.59. The molecule has 0 aromatic rings. The van der Waals surface area contributed by atoms with Crippen molar-refractivity contribution in [3.05, 3.63) is 0 Å². The predicted molar refractivity (Wildman–Crippen MR) is 135 cm³/mol. The summed E-state index contributed by atoms with van der Waals surface area (Å²) in [6.45, 7) is 15.8. The normalized spacial score (nSPS) is 57.1. The molecule has 4 N–H and O–H groups in total. The minimum absolute atomic E-state index is 0.0283. The van der Waals surface area contributed by atoms with Gasteiger partial charge in [-0.2, -0.15) is 0 Å². The highest BCUT2D eigenvalue weighted by atomic mass is 16.3. The predicted octanol–water partition coefficient (Wildman–Crippen LogP) is 5.31. The van der Waals surface area contributed by atoms with Gasteiger partial charge >= 0.3 is 0 Å². The van der Waals surface area contributed by atoms with Gasteiger partial charge in [-0.15, -0.1) is 0 Å². The fourth-order valence-electron chi connectivity index (χ4n) is 11.5. The van der Waals surface area contributed by atoms with Crippen LogP contribution in [0.25, 0.3) is 0 Å². The first-order chi connectivity index (χ1) is 15.5. The van der Waals surface area contributed by atoms with E-state index in [0.29, 0.717) is 30.6 Å². The van der Waals surface area contributed by atoms with E-state index >= 15 is 0 Å². The molecule has 0 aromatic carbocycles. The monoisotopic (exact) mass is 476 g/mol. The second kappa shape index (κ2) is 7.45. The van der Waals surface area contributed by atoms with Crippen molar-refractivity contribution in [2.24, 2.45) is 51.2 Å². The molecular weight excluding hydrogens is 424 g/mol. The maximum absolute atomic E-state index is 12.0. The first-order valence-electron chi connectivity index (χ1n) is 14.3. The third kappa shape index (κ3) is 3.04. The minimum Gasteiger partial charge on any atom is -0.393 e. The molecule has 11 atom stereocenters. The molecular formula is C30H52O4. The summed E-state index contributed by atoms with van der Waals surface area (Å²) >= 11 is 0. The Bertz CT molecular complexity index is 817. The van der Waals surface area contributed by atoms with Gasteiger partial charge in [0.15, 0.2) is 0 Å². The van der Waals surface area contributed by atoms with E-state index in [0.717, 1.165) is 32.1 Å². The van der Waals surface area contributed by atoms with Crippen LogP contribution in [0, 0.1) is 51.2 Å². The number of aliphatic hydroxyl groups excluding tert-OH is 2. The second-order valence-electron chi connectivity index (χ2n) is 15.4. The zero-order chi connectivity index (χ0) is 25.1. The van der Waals surface area contributed by atoms with Crippen molar-refractivity contribution >= 4 is 0 Å². The Hall–Kier alpha value is -0.160. The van der Waals surface area contributed by atoms with Gasteiger partial charge in [-0.1, -0.05) is 34.6 Å². The number of rotatable bonds is 2. The number of aliphatic hydroxyl groups is 4. The van der Waals surface area contributed by atoms with Crippen LogP contribution in [0.5, 0.6) is 0 Å². The van der Waals surface area contributed by atoms with Crippen molar-refractivity contribution in [3.8, 4) is 0 Å². The molecule has 34 heavy (non-hydrogen) atoms. The van der Waals surface area contributed by atoms with E-state index < -0.39 is 17.3 Å². The van der Waals surface area contributed by atoms with Crippen LogP contribution in [0.2, 0.25) is 0 Å². The Balaban J connectivity index is 1.46. The average Bonchev–Trinajstić information content (AvgIpc) is 3.24. The zero-order valence-corrected chi connectivity index (χ0v) is 22.9. The molecule has 0 bridgehead atoms. The fraction of sp³-hybridized carbons (Fsp3) is 1.00. The third-order valence-corrected chi connectivity index (χ3v) is 13.7. The lowest BCUT2D eigenvalue weighted by Crippen LogP contribution is -2.64. The summed E-state index contributed by atoms with van der Waals surface area (Å²) in [5.74, 6) is 1.50. The van der Waals surface area contributed by atoms with Gasteiger partial charge in [0.25, 0.3) is 0 Å². The van der Waals surface area contributed by atoms with Crippen LogP contribution < -0.4 is 0 Å². The van der Waals surface area contributed by atoms with E-state index in [-0.39, 0.29) is 39.6 Å². The SMILES string of the molecule is CC(C)(O)[C@@H]1CC[C@](O)([C@H]2CC[C@]3(C)[C@@H]2CC[C@@H]2[C@@]4(C)CC[C@H](O)C(C)(C)[C@@H]4CC[C@]23C)[C@H]1O. The van der Waals surface area contributed by atoms with Crippen LogP contribution in [0.15, 0.2) is 0 Å². The van der Waals surface area contributed by atoms with E-state index in [2.05, 4.69) is 34.6 Å². The van der Waals surface area contributed by atoms with Crippen LogP contribution in [0.3, 0.4) is 0 Å². The van der Waals surface area contributed by atoms with Gasteiger partial charge in [-0.05, 0) is 123 Å². The highest BCUT2D eigenvalue weighted by Crippen LogP contribution is 2.76. The topological polar surface area (TPSA) is 80.9 Å². The molecule has 0 spiro atoms. The standard InChI is InChI=1S/C30H52O4/c1-25(2)21-12-16-29(7)22(27(21,5)14-13-23(25)31)9-8-18-19(10-15-28(18,29)6)30(34)17-11-20(24(30)32)26(3,4)33/h18-24,31-34H,8-17H2,1-7H3/t18-,19+,20-,21+,22-,23+,24+,27+,28-,29-,30+/m1/s1. The van der Waals surface area contributed by atoms with Crippen LogP contribution in [-0.4, -0.2) is 43.8 Å². The highest BCUT2D eigenvalue weighted by Gasteiger charge is 2.71. The van der Waals surface area contributed by atoms with E-state index in [9.17, 15) is 20.4 Å². The maximum atomic E-state index is 12.0. The summed E-state index contributed by atoms with van der Waals surface area (Å²) < 4.78 is 0. The molecule has 4 nitrogen and oxygen atoms in total. The lowest BCUT2D eigenvalue weighted by Gasteiger charge is -2.70. The van der Waals surface area contributed by atoms with Crippen molar-refractivity contribution in [3.63, 3.8) is 0 Å². The van der Waals surface area contributed by atoms with E-state index in [1.165, 1.54) is 19.3 Å². The van der Waals surface area contributed by atoms with Crippen LogP contribution in [-0.2, 0) is 0 Å². The number of hydrogen-bond donors (Lipinski definition) is 4. The molecule has 5 fully saturated rings. The van der Waals surface area contributed by atoms with Gasteiger partial charge in [0.2, 0.25) is 0 Å². The van der Waals surface area contributed by atoms with Crippen molar-refractivity contribution in [1.29, 1.82) is 0 Å². The summed E-state index contributed by atoms with van der Waals surface area (Å²) in [6, 6.07) is 0. The van der Waals surface area contributed by atoms with E-state index in [1.807, 2.05) is 0 Å². The van der Waals surface area contributed by atoms with Gasteiger partial charge in [0.05, 0.1) is 23.4 Å².